The Hall–Kier alpha value is -1.62. The van der Waals surface area contributed by atoms with Gasteiger partial charge in [0.15, 0.2) is 0 Å². The molecule has 0 aromatic heterocycles. The van der Waals surface area contributed by atoms with Crippen molar-refractivity contribution in [1.29, 1.82) is 0 Å². The van der Waals surface area contributed by atoms with Gasteiger partial charge in [-0.3, -0.25) is 4.79 Å². The molecule has 1 aliphatic rings. The van der Waals surface area contributed by atoms with Crippen molar-refractivity contribution in [2.45, 2.75) is 25.8 Å². The normalized spacial score (nSPS) is 18.0. The number of rotatable bonds is 3. The monoisotopic (exact) mass is 266 g/mol. The van der Waals surface area contributed by atoms with E-state index in [1.807, 2.05) is 6.92 Å². The number of benzene rings is 1. The molecule has 1 aliphatic heterocycles. The summed E-state index contributed by atoms with van der Waals surface area (Å²) in [6, 6.07) is 3.87. The number of anilines is 1. The fourth-order valence-electron chi connectivity index (χ4n) is 2.36. The number of ether oxygens (including phenoxy) is 1. The van der Waals surface area contributed by atoms with Crippen molar-refractivity contribution in [3.63, 3.8) is 0 Å². The number of nitrogen functional groups attached to an aromatic ring is 1. The second-order valence-electron chi connectivity index (χ2n) is 4.94. The smallest absolute Gasteiger partial charge is 0.253 e. The van der Waals surface area contributed by atoms with Gasteiger partial charge in [0, 0.05) is 24.9 Å². The van der Waals surface area contributed by atoms with E-state index >= 15 is 0 Å². The van der Waals surface area contributed by atoms with E-state index in [-0.39, 0.29) is 17.6 Å². The Morgan fingerprint density at radius 3 is 2.79 bits per heavy atom. The Morgan fingerprint density at radius 1 is 1.47 bits per heavy atom. The van der Waals surface area contributed by atoms with E-state index in [4.69, 9.17) is 10.5 Å². The van der Waals surface area contributed by atoms with Crippen LogP contribution in [0.5, 0.6) is 0 Å². The highest BCUT2D eigenvalue weighted by atomic mass is 19.1. The van der Waals surface area contributed by atoms with Crippen LogP contribution in [0.1, 0.15) is 30.1 Å². The van der Waals surface area contributed by atoms with Crippen molar-refractivity contribution >= 4 is 11.6 Å². The van der Waals surface area contributed by atoms with Gasteiger partial charge in [0.1, 0.15) is 5.82 Å². The minimum atomic E-state index is -0.438. The average Bonchev–Trinajstić information content (AvgIpc) is 2.39. The molecule has 0 bridgehead atoms. The summed E-state index contributed by atoms with van der Waals surface area (Å²) in [6.45, 7) is 3.46. The third-order valence-electron chi connectivity index (χ3n) is 3.59. The fourth-order valence-corrected chi connectivity index (χ4v) is 2.36. The first-order valence-corrected chi connectivity index (χ1v) is 6.51. The SMILES string of the molecule is CC(NC(=O)c1ccc(F)cc1N)C1CCOCC1. The van der Waals surface area contributed by atoms with E-state index in [1.54, 1.807) is 0 Å². The molecule has 1 unspecified atom stereocenters. The number of hydrogen-bond acceptors (Lipinski definition) is 3. The van der Waals surface area contributed by atoms with Gasteiger partial charge in [0.2, 0.25) is 0 Å². The third-order valence-corrected chi connectivity index (χ3v) is 3.59. The second-order valence-corrected chi connectivity index (χ2v) is 4.94. The lowest BCUT2D eigenvalue weighted by Gasteiger charge is -2.28. The van der Waals surface area contributed by atoms with E-state index in [9.17, 15) is 9.18 Å². The van der Waals surface area contributed by atoms with E-state index in [1.165, 1.54) is 12.1 Å². The van der Waals surface area contributed by atoms with Crippen molar-refractivity contribution in [3.05, 3.63) is 29.6 Å². The largest absolute Gasteiger partial charge is 0.398 e. The maximum Gasteiger partial charge on any atom is 0.253 e. The third kappa shape index (κ3) is 3.44. The van der Waals surface area contributed by atoms with E-state index in [2.05, 4.69) is 5.32 Å². The first kappa shape index (κ1) is 13.8. The Balaban J connectivity index is 1.99. The molecule has 1 fully saturated rings. The lowest BCUT2D eigenvalue weighted by atomic mass is 9.92. The van der Waals surface area contributed by atoms with Crippen LogP contribution in [0.2, 0.25) is 0 Å². The molecule has 0 saturated carbocycles. The van der Waals surface area contributed by atoms with Crippen LogP contribution in [0.3, 0.4) is 0 Å². The van der Waals surface area contributed by atoms with Gasteiger partial charge in [-0.2, -0.15) is 0 Å². The maximum atomic E-state index is 12.9. The molecule has 1 heterocycles. The van der Waals surface area contributed by atoms with E-state index < -0.39 is 5.82 Å². The predicted octanol–water partition coefficient (Wildman–Crippen LogP) is 1.95. The zero-order chi connectivity index (χ0) is 13.8. The number of hydrogen-bond donors (Lipinski definition) is 2. The van der Waals surface area contributed by atoms with Gasteiger partial charge in [0.05, 0.1) is 5.56 Å². The summed E-state index contributed by atoms with van der Waals surface area (Å²) < 4.78 is 18.2. The Morgan fingerprint density at radius 2 is 2.16 bits per heavy atom. The molecule has 1 amide bonds. The minimum absolute atomic E-state index is 0.0563. The van der Waals surface area contributed by atoms with Gasteiger partial charge >= 0.3 is 0 Å². The van der Waals surface area contributed by atoms with Crippen molar-refractivity contribution in [2.75, 3.05) is 18.9 Å². The minimum Gasteiger partial charge on any atom is -0.398 e. The van der Waals surface area contributed by atoms with Gasteiger partial charge < -0.3 is 15.8 Å². The van der Waals surface area contributed by atoms with Gasteiger partial charge in [-0.25, -0.2) is 4.39 Å². The first-order chi connectivity index (χ1) is 9.08. The van der Waals surface area contributed by atoms with Crippen molar-refractivity contribution in [3.8, 4) is 0 Å². The van der Waals surface area contributed by atoms with Crippen molar-refractivity contribution in [1.82, 2.24) is 5.32 Å². The molecule has 2 rings (SSSR count). The van der Waals surface area contributed by atoms with Crippen LogP contribution in [0, 0.1) is 11.7 Å². The van der Waals surface area contributed by atoms with Crippen LogP contribution in [-0.4, -0.2) is 25.2 Å². The van der Waals surface area contributed by atoms with Crippen LogP contribution in [0.15, 0.2) is 18.2 Å². The average molecular weight is 266 g/mol. The van der Waals surface area contributed by atoms with Crippen LogP contribution in [0.25, 0.3) is 0 Å². The molecule has 1 saturated heterocycles. The van der Waals surface area contributed by atoms with Crippen LogP contribution < -0.4 is 11.1 Å². The highest BCUT2D eigenvalue weighted by molar-refractivity contribution is 5.99. The molecule has 104 valence electrons. The van der Waals surface area contributed by atoms with Gasteiger partial charge in [-0.1, -0.05) is 0 Å². The highest BCUT2D eigenvalue weighted by Crippen LogP contribution is 2.20. The van der Waals surface area contributed by atoms with Crippen molar-refractivity contribution in [2.24, 2.45) is 5.92 Å². The molecule has 1 aromatic rings. The number of carbonyl (C=O) groups is 1. The number of nitrogens with two attached hydrogens (primary N) is 1. The summed E-state index contributed by atoms with van der Waals surface area (Å²) in [5.41, 5.74) is 6.14. The maximum absolute atomic E-state index is 12.9. The number of halogens is 1. The highest BCUT2D eigenvalue weighted by Gasteiger charge is 2.22. The van der Waals surface area contributed by atoms with Crippen molar-refractivity contribution < 1.29 is 13.9 Å². The summed E-state index contributed by atoms with van der Waals surface area (Å²) >= 11 is 0. The lowest BCUT2D eigenvalue weighted by molar-refractivity contribution is 0.0538. The standard InChI is InChI=1S/C14H19FN2O2/c1-9(10-4-6-19-7-5-10)17-14(18)12-3-2-11(15)8-13(12)16/h2-3,8-10H,4-7,16H2,1H3,(H,17,18). The lowest BCUT2D eigenvalue weighted by Crippen LogP contribution is -2.40. The topological polar surface area (TPSA) is 64.4 Å². The molecule has 0 radical (unpaired) electrons. The zero-order valence-electron chi connectivity index (χ0n) is 11.0. The van der Waals surface area contributed by atoms with Gasteiger partial charge in [-0.05, 0) is 43.9 Å². The summed E-state index contributed by atoms with van der Waals surface area (Å²) in [5, 5.41) is 2.93. The molecular formula is C14H19FN2O2. The quantitative estimate of drug-likeness (QED) is 0.822. The number of amides is 1. The van der Waals surface area contributed by atoms with E-state index in [0.717, 1.165) is 32.1 Å². The Bertz CT molecular complexity index is 459. The molecule has 3 N–H and O–H groups in total. The van der Waals surface area contributed by atoms with Gasteiger partial charge in [0.25, 0.3) is 5.91 Å². The molecule has 4 nitrogen and oxygen atoms in total. The summed E-state index contributed by atoms with van der Waals surface area (Å²) in [5.74, 6) is -0.276. The summed E-state index contributed by atoms with van der Waals surface area (Å²) in [4.78, 5) is 12.1. The van der Waals surface area contributed by atoms with E-state index in [0.29, 0.717) is 11.5 Å². The predicted molar refractivity (Wildman–Crippen MR) is 71.3 cm³/mol. The molecule has 1 atom stereocenters. The molecule has 5 heteroatoms. The van der Waals surface area contributed by atoms with Crippen LogP contribution >= 0.6 is 0 Å². The zero-order valence-corrected chi connectivity index (χ0v) is 11.0. The number of nitrogens with one attached hydrogen (secondary N) is 1. The Kier molecular flexibility index (Phi) is 4.37. The first-order valence-electron chi connectivity index (χ1n) is 6.51. The Labute approximate surface area is 112 Å². The van der Waals surface area contributed by atoms with Crippen LogP contribution in [-0.2, 0) is 4.74 Å². The molecule has 0 spiro atoms. The summed E-state index contributed by atoms with van der Waals surface area (Å²) in [7, 11) is 0. The summed E-state index contributed by atoms with van der Waals surface area (Å²) in [6.07, 6.45) is 1.89. The fraction of sp³-hybridized carbons (Fsp3) is 0.500. The molecule has 19 heavy (non-hydrogen) atoms. The van der Waals surface area contributed by atoms with Crippen LogP contribution in [0.4, 0.5) is 10.1 Å². The molecule has 0 aliphatic carbocycles. The molecule has 1 aromatic carbocycles. The number of carbonyl (C=O) groups excluding carboxylic acids is 1. The molecular weight excluding hydrogens is 247 g/mol. The second kappa shape index (κ2) is 6.02. The van der Waals surface area contributed by atoms with Gasteiger partial charge in [-0.15, -0.1) is 0 Å².